The Hall–Kier alpha value is -2.89. The lowest BCUT2D eigenvalue weighted by Crippen LogP contribution is -2.03. The monoisotopic (exact) mass is 281 g/mol. The molecule has 0 unspecified atom stereocenters. The zero-order valence-electron chi connectivity index (χ0n) is 11.8. The van der Waals surface area contributed by atoms with Gasteiger partial charge >= 0.3 is 0 Å². The summed E-state index contributed by atoms with van der Waals surface area (Å²) in [7, 11) is 1.62. The van der Waals surface area contributed by atoms with E-state index in [1.54, 1.807) is 11.8 Å². The van der Waals surface area contributed by atoms with Crippen LogP contribution in [0.2, 0.25) is 0 Å². The van der Waals surface area contributed by atoms with Crippen molar-refractivity contribution in [3.8, 4) is 22.8 Å². The van der Waals surface area contributed by atoms with Gasteiger partial charge in [-0.15, -0.1) is 5.10 Å². The number of tetrazole rings is 1. The lowest BCUT2D eigenvalue weighted by atomic mass is 10.1. The van der Waals surface area contributed by atoms with E-state index >= 15 is 0 Å². The third-order valence-electron chi connectivity index (χ3n) is 3.30. The van der Waals surface area contributed by atoms with Gasteiger partial charge in [-0.25, -0.2) is 0 Å². The molecular weight excluding hydrogens is 266 g/mol. The van der Waals surface area contributed by atoms with E-state index in [4.69, 9.17) is 10.5 Å². The van der Waals surface area contributed by atoms with Crippen LogP contribution in [0, 0.1) is 6.92 Å². The number of ether oxygens (including phenoxy) is 1. The van der Waals surface area contributed by atoms with E-state index in [1.165, 1.54) is 0 Å². The lowest BCUT2D eigenvalue weighted by Gasteiger charge is -2.10. The van der Waals surface area contributed by atoms with Gasteiger partial charge in [-0.2, -0.15) is 4.68 Å². The SMILES string of the molecule is COc1cccc(-n2nnnc2-c2c(C)cccc2N)c1. The molecule has 21 heavy (non-hydrogen) atoms. The predicted molar refractivity (Wildman–Crippen MR) is 80.3 cm³/mol. The number of methoxy groups -OCH3 is 1. The third-order valence-corrected chi connectivity index (χ3v) is 3.30. The van der Waals surface area contributed by atoms with Crippen molar-refractivity contribution in [2.45, 2.75) is 6.92 Å². The quantitative estimate of drug-likeness (QED) is 0.745. The number of hydrogen-bond acceptors (Lipinski definition) is 5. The smallest absolute Gasteiger partial charge is 0.189 e. The van der Waals surface area contributed by atoms with E-state index in [9.17, 15) is 0 Å². The van der Waals surface area contributed by atoms with Gasteiger partial charge in [-0.05, 0) is 41.1 Å². The minimum absolute atomic E-state index is 0.610. The molecule has 0 aliphatic heterocycles. The molecule has 0 radical (unpaired) electrons. The van der Waals surface area contributed by atoms with Gasteiger partial charge < -0.3 is 10.5 Å². The van der Waals surface area contributed by atoms with Crippen LogP contribution in [0.4, 0.5) is 5.69 Å². The number of rotatable bonds is 3. The molecule has 3 rings (SSSR count). The fourth-order valence-corrected chi connectivity index (χ4v) is 2.26. The molecule has 6 heteroatoms. The average molecular weight is 281 g/mol. The van der Waals surface area contributed by atoms with Crippen LogP contribution in [-0.4, -0.2) is 27.3 Å². The number of anilines is 1. The number of nitrogens with zero attached hydrogens (tertiary/aromatic N) is 4. The first kappa shape index (κ1) is 13.1. The van der Waals surface area contributed by atoms with Gasteiger partial charge in [0.05, 0.1) is 12.8 Å². The molecule has 0 aliphatic carbocycles. The molecule has 2 N–H and O–H groups in total. The first-order chi connectivity index (χ1) is 10.2. The summed E-state index contributed by atoms with van der Waals surface area (Å²) in [5.41, 5.74) is 9.41. The van der Waals surface area contributed by atoms with E-state index in [-0.39, 0.29) is 0 Å². The zero-order chi connectivity index (χ0) is 14.8. The first-order valence-corrected chi connectivity index (χ1v) is 6.49. The number of hydrogen-bond donors (Lipinski definition) is 1. The van der Waals surface area contributed by atoms with Gasteiger partial charge in [0.1, 0.15) is 5.75 Å². The van der Waals surface area contributed by atoms with Gasteiger partial charge in [-0.1, -0.05) is 18.2 Å². The maximum atomic E-state index is 6.08. The molecular formula is C15H15N5O. The van der Waals surface area contributed by atoms with E-state index < -0.39 is 0 Å². The van der Waals surface area contributed by atoms with Gasteiger partial charge in [0.25, 0.3) is 0 Å². The highest BCUT2D eigenvalue weighted by Crippen LogP contribution is 2.29. The van der Waals surface area contributed by atoms with Gasteiger partial charge in [0.2, 0.25) is 0 Å². The minimum Gasteiger partial charge on any atom is -0.497 e. The Kier molecular flexibility index (Phi) is 3.27. The van der Waals surface area contributed by atoms with Crippen LogP contribution in [0.5, 0.6) is 5.75 Å². The predicted octanol–water partition coefficient (Wildman–Crippen LogP) is 2.23. The standard InChI is InChI=1S/C15H15N5O/c1-10-5-3-8-13(16)14(10)15-17-18-19-20(15)11-6-4-7-12(9-11)21-2/h3-9H,16H2,1-2H3. The van der Waals surface area contributed by atoms with Crippen molar-refractivity contribution in [2.24, 2.45) is 0 Å². The molecule has 1 heterocycles. The molecule has 0 bridgehead atoms. The van der Waals surface area contributed by atoms with Crippen LogP contribution in [0.15, 0.2) is 42.5 Å². The normalized spacial score (nSPS) is 10.6. The van der Waals surface area contributed by atoms with Crippen molar-refractivity contribution in [3.63, 3.8) is 0 Å². The Morgan fingerprint density at radius 3 is 2.71 bits per heavy atom. The van der Waals surface area contributed by atoms with Gasteiger partial charge in [0, 0.05) is 17.3 Å². The van der Waals surface area contributed by atoms with Crippen molar-refractivity contribution in [3.05, 3.63) is 48.0 Å². The van der Waals surface area contributed by atoms with E-state index in [2.05, 4.69) is 15.5 Å². The Balaban J connectivity index is 2.17. The van der Waals surface area contributed by atoms with E-state index in [1.807, 2.05) is 49.4 Å². The molecule has 2 aromatic carbocycles. The summed E-state index contributed by atoms with van der Waals surface area (Å²) in [5.74, 6) is 1.35. The fraction of sp³-hybridized carbons (Fsp3) is 0.133. The summed E-state index contributed by atoms with van der Waals surface area (Å²) in [6.07, 6.45) is 0. The number of aromatic nitrogens is 4. The number of nitrogens with two attached hydrogens (primary N) is 1. The zero-order valence-corrected chi connectivity index (χ0v) is 11.8. The van der Waals surface area contributed by atoms with Crippen molar-refractivity contribution in [1.29, 1.82) is 0 Å². The highest BCUT2D eigenvalue weighted by molar-refractivity contribution is 5.75. The van der Waals surface area contributed by atoms with Gasteiger partial charge in [0.15, 0.2) is 5.82 Å². The maximum absolute atomic E-state index is 6.08. The molecule has 1 aromatic heterocycles. The Morgan fingerprint density at radius 2 is 1.95 bits per heavy atom. The second-order valence-electron chi connectivity index (χ2n) is 4.65. The molecule has 0 aliphatic rings. The number of nitrogen functional groups attached to an aromatic ring is 1. The lowest BCUT2D eigenvalue weighted by molar-refractivity contribution is 0.414. The highest BCUT2D eigenvalue weighted by atomic mass is 16.5. The van der Waals surface area contributed by atoms with Crippen LogP contribution in [0.1, 0.15) is 5.56 Å². The van der Waals surface area contributed by atoms with Crippen molar-refractivity contribution in [2.75, 3.05) is 12.8 Å². The molecule has 0 saturated heterocycles. The summed E-state index contributed by atoms with van der Waals surface area (Å²) >= 11 is 0. The Morgan fingerprint density at radius 1 is 1.14 bits per heavy atom. The summed E-state index contributed by atoms with van der Waals surface area (Å²) in [6.45, 7) is 1.98. The molecule has 0 spiro atoms. The Bertz CT molecular complexity index is 761. The second kappa shape index (κ2) is 5.24. The van der Waals surface area contributed by atoms with Crippen molar-refractivity contribution < 1.29 is 4.74 Å². The second-order valence-corrected chi connectivity index (χ2v) is 4.65. The van der Waals surface area contributed by atoms with Crippen molar-refractivity contribution >= 4 is 5.69 Å². The molecule has 0 atom stereocenters. The summed E-state index contributed by atoms with van der Waals surface area (Å²) in [4.78, 5) is 0. The summed E-state index contributed by atoms with van der Waals surface area (Å²) < 4.78 is 6.89. The number of aryl methyl sites for hydroxylation is 1. The Labute approximate surface area is 122 Å². The van der Waals surface area contributed by atoms with Crippen LogP contribution in [0.25, 0.3) is 17.1 Å². The van der Waals surface area contributed by atoms with Crippen LogP contribution in [-0.2, 0) is 0 Å². The highest BCUT2D eigenvalue weighted by Gasteiger charge is 2.15. The average Bonchev–Trinajstić information content (AvgIpc) is 2.96. The van der Waals surface area contributed by atoms with E-state index in [0.29, 0.717) is 11.5 Å². The van der Waals surface area contributed by atoms with Crippen LogP contribution < -0.4 is 10.5 Å². The summed E-state index contributed by atoms with van der Waals surface area (Å²) in [6, 6.07) is 13.3. The number of benzene rings is 2. The van der Waals surface area contributed by atoms with Crippen LogP contribution >= 0.6 is 0 Å². The van der Waals surface area contributed by atoms with Crippen molar-refractivity contribution in [1.82, 2.24) is 20.2 Å². The largest absolute Gasteiger partial charge is 0.497 e. The fourth-order valence-electron chi connectivity index (χ4n) is 2.26. The summed E-state index contributed by atoms with van der Waals surface area (Å²) in [5, 5.41) is 12.0. The topological polar surface area (TPSA) is 78.8 Å². The van der Waals surface area contributed by atoms with E-state index in [0.717, 1.165) is 22.6 Å². The minimum atomic E-state index is 0.610. The molecule has 0 amide bonds. The van der Waals surface area contributed by atoms with Crippen LogP contribution in [0.3, 0.4) is 0 Å². The molecule has 6 nitrogen and oxygen atoms in total. The molecule has 0 saturated carbocycles. The first-order valence-electron chi connectivity index (χ1n) is 6.49. The maximum Gasteiger partial charge on any atom is 0.189 e. The molecule has 3 aromatic rings. The van der Waals surface area contributed by atoms with Gasteiger partial charge in [-0.3, -0.25) is 0 Å². The molecule has 106 valence electrons. The molecule has 0 fully saturated rings. The third kappa shape index (κ3) is 2.31.